The molecule has 0 bridgehead atoms. The van der Waals surface area contributed by atoms with Gasteiger partial charge in [-0.1, -0.05) is 28.1 Å². The molecule has 0 aliphatic carbocycles. The van der Waals surface area contributed by atoms with Crippen LogP contribution in [0.5, 0.6) is 0 Å². The van der Waals surface area contributed by atoms with Crippen molar-refractivity contribution in [2.75, 3.05) is 18.1 Å². The average Bonchev–Trinajstić information content (AvgIpc) is 2.94. The van der Waals surface area contributed by atoms with Gasteiger partial charge in [0.2, 0.25) is 0 Å². The van der Waals surface area contributed by atoms with Crippen LogP contribution in [0, 0.1) is 0 Å². The zero-order valence-electron chi connectivity index (χ0n) is 15.1. The third-order valence-corrected chi connectivity index (χ3v) is 7.02. The molecule has 27 heavy (non-hydrogen) atoms. The van der Waals surface area contributed by atoms with Gasteiger partial charge in [0.1, 0.15) is 0 Å². The Morgan fingerprint density at radius 2 is 2.15 bits per heavy atom. The van der Waals surface area contributed by atoms with Crippen molar-refractivity contribution in [1.82, 2.24) is 10.2 Å². The van der Waals surface area contributed by atoms with Crippen LogP contribution in [0.25, 0.3) is 0 Å². The molecule has 3 rings (SSSR count). The monoisotopic (exact) mass is 456 g/mol. The van der Waals surface area contributed by atoms with E-state index in [1.54, 1.807) is 13.8 Å². The third kappa shape index (κ3) is 4.03. The SMILES string of the molecule is CCOC(=O)C1=C(C)N([C@@H]2CCS(=O)(=O)C2)C(=O)N[C@@H]1c1cccc(Br)c1. The summed E-state index contributed by atoms with van der Waals surface area (Å²) < 4.78 is 29.8. The molecular formula is C18H21BrN2O5S. The highest BCUT2D eigenvalue weighted by atomic mass is 79.9. The molecule has 1 fully saturated rings. The van der Waals surface area contributed by atoms with E-state index in [2.05, 4.69) is 21.2 Å². The first-order chi connectivity index (χ1) is 12.7. The molecule has 9 heteroatoms. The number of amides is 2. The van der Waals surface area contributed by atoms with Crippen LogP contribution in [-0.2, 0) is 19.4 Å². The van der Waals surface area contributed by atoms with Gasteiger partial charge in [-0.05, 0) is 38.0 Å². The average molecular weight is 457 g/mol. The van der Waals surface area contributed by atoms with Crippen molar-refractivity contribution in [3.8, 4) is 0 Å². The maximum atomic E-state index is 12.8. The Hall–Kier alpha value is -1.87. The fraction of sp³-hybridized carbons (Fsp3) is 0.444. The van der Waals surface area contributed by atoms with Crippen LogP contribution >= 0.6 is 15.9 Å². The van der Waals surface area contributed by atoms with E-state index in [-0.39, 0.29) is 18.1 Å². The summed E-state index contributed by atoms with van der Waals surface area (Å²) in [6.07, 6.45) is 0.352. The van der Waals surface area contributed by atoms with Gasteiger partial charge < -0.3 is 10.1 Å². The Morgan fingerprint density at radius 3 is 2.74 bits per heavy atom. The molecule has 0 unspecified atom stereocenters. The van der Waals surface area contributed by atoms with E-state index in [1.807, 2.05) is 24.3 Å². The van der Waals surface area contributed by atoms with Crippen LogP contribution in [0.1, 0.15) is 31.9 Å². The number of rotatable bonds is 4. The number of halogens is 1. The van der Waals surface area contributed by atoms with Crippen molar-refractivity contribution in [1.29, 1.82) is 0 Å². The summed E-state index contributed by atoms with van der Waals surface area (Å²) in [6.45, 7) is 3.58. The number of esters is 1. The molecule has 1 saturated heterocycles. The number of urea groups is 1. The van der Waals surface area contributed by atoms with E-state index in [0.29, 0.717) is 17.7 Å². The summed E-state index contributed by atoms with van der Waals surface area (Å²) in [5, 5.41) is 2.85. The number of allylic oxidation sites excluding steroid dienone is 1. The standard InChI is InChI=1S/C18H21BrN2O5S/c1-3-26-17(22)15-11(2)21(14-7-8-27(24,25)10-14)18(23)20-16(15)12-5-4-6-13(19)9-12/h4-6,9,14,16H,3,7-8,10H2,1-2H3,(H,20,23)/t14-,16-/m1/s1. The number of carbonyl (C=O) groups excluding carboxylic acids is 2. The van der Waals surface area contributed by atoms with E-state index in [0.717, 1.165) is 10.0 Å². The van der Waals surface area contributed by atoms with Gasteiger partial charge in [0.05, 0.1) is 35.8 Å². The quantitative estimate of drug-likeness (QED) is 0.702. The van der Waals surface area contributed by atoms with Crippen LogP contribution < -0.4 is 5.32 Å². The van der Waals surface area contributed by atoms with Gasteiger partial charge in [-0.25, -0.2) is 18.0 Å². The molecule has 2 heterocycles. The second-order valence-electron chi connectivity index (χ2n) is 6.58. The van der Waals surface area contributed by atoms with Crippen LogP contribution in [0.2, 0.25) is 0 Å². The molecule has 0 aromatic heterocycles. The Balaban J connectivity index is 2.07. The molecule has 146 valence electrons. The summed E-state index contributed by atoms with van der Waals surface area (Å²) in [5.41, 5.74) is 1.49. The first kappa shape index (κ1) is 19.9. The molecule has 7 nitrogen and oxygen atoms in total. The molecule has 0 radical (unpaired) electrons. The van der Waals surface area contributed by atoms with Gasteiger partial charge in [0.15, 0.2) is 9.84 Å². The molecule has 1 aromatic carbocycles. The minimum Gasteiger partial charge on any atom is -0.463 e. The molecular weight excluding hydrogens is 436 g/mol. The van der Waals surface area contributed by atoms with Crippen LogP contribution in [0.4, 0.5) is 4.79 Å². The fourth-order valence-electron chi connectivity index (χ4n) is 3.59. The lowest BCUT2D eigenvalue weighted by Gasteiger charge is -2.38. The van der Waals surface area contributed by atoms with E-state index in [4.69, 9.17) is 4.74 Å². The summed E-state index contributed by atoms with van der Waals surface area (Å²) in [4.78, 5) is 26.9. The number of benzene rings is 1. The van der Waals surface area contributed by atoms with Crippen molar-refractivity contribution in [3.05, 3.63) is 45.6 Å². The zero-order valence-corrected chi connectivity index (χ0v) is 17.5. The Bertz CT molecular complexity index is 912. The Morgan fingerprint density at radius 1 is 1.41 bits per heavy atom. The third-order valence-electron chi connectivity index (χ3n) is 4.78. The number of hydrogen-bond donors (Lipinski definition) is 1. The van der Waals surface area contributed by atoms with Gasteiger partial charge in [-0.2, -0.15) is 0 Å². The molecule has 1 aromatic rings. The number of nitrogens with one attached hydrogen (secondary N) is 1. The lowest BCUT2D eigenvalue weighted by molar-refractivity contribution is -0.139. The lowest BCUT2D eigenvalue weighted by atomic mass is 9.94. The summed E-state index contributed by atoms with van der Waals surface area (Å²) in [5.74, 6) is -0.584. The van der Waals surface area contributed by atoms with Crippen molar-refractivity contribution in [2.45, 2.75) is 32.4 Å². The van der Waals surface area contributed by atoms with Gasteiger partial charge in [0, 0.05) is 10.2 Å². The molecule has 0 spiro atoms. The molecule has 2 amide bonds. The van der Waals surface area contributed by atoms with Crippen molar-refractivity contribution < 1.29 is 22.7 Å². The molecule has 1 N–H and O–H groups in total. The molecule has 2 atom stereocenters. The first-order valence-electron chi connectivity index (χ1n) is 8.67. The van der Waals surface area contributed by atoms with E-state index >= 15 is 0 Å². The van der Waals surface area contributed by atoms with Gasteiger partial charge >= 0.3 is 12.0 Å². The lowest BCUT2D eigenvalue weighted by Crippen LogP contribution is -2.52. The summed E-state index contributed by atoms with van der Waals surface area (Å²) in [7, 11) is -3.18. The van der Waals surface area contributed by atoms with Crippen molar-refractivity contribution in [3.63, 3.8) is 0 Å². The van der Waals surface area contributed by atoms with Crippen LogP contribution in [0.15, 0.2) is 40.0 Å². The maximum Gasteiger partial charge on any atom is 0.338 e. The number of hydrogen-bond acceptors (Lipinski definition) is 5. The minimum absolute atomic E-state index is 0.0402. The van der Waals surface area contributed by atoms with Crippen LogP contribution in [0.3, 0.4) is 0 Å². The Labute approximate surface area is 166 Å². The number of carbonyl (C=O) groups is 2. The molecule has 0 saturated carbocycles. The zero-order chi connectivity index (χ0) is 19.8. The first-order valence-corrected chi connectivity index (χ1v) is 11.3. The minimum atomic E-state index is -3.18. The highest BCUT2D eigenvalue weighted by molar-refractivity contribution is 9.10. The van der Waals surface area contributed by atoms with E-state index < -0.39 is 33.9 Å². The second-order valence-corrected chi connectivity index (χ2v) is 9.73. The maximum absolute atomic E-state index is 12.8. The number of sulfone groups is 1. The largest absolute Gasteiger partial charge is 0.463 e. The highest BCUT2D eigenvalue weighted by Gasteiger charge is 2.42. The predicted molar refractivity (Wildman–Crippen MR) is 104 cm³/mol. The van der Waals surface area contributed by atoms with E-state index in [9.17, 15) is 18.0 Å². The highest BCUT2D eigenvalue weighted by Crippen LogP contribution is 2.35. The van der Waals surface area contributed by atoms with Crippen LogP contribution in [-0.4, -0.2) is 49.5 Å². The smallest absolute Gasteiger partial charge is 0.338 e. The predicted octanol–water partition coefficient (Wildman–Crippen LogP) is 2.54. The molecule has 2 aliphatic heterocycles. The number of ether oxygens (including phenoxy) is 1. The topological polar surface area (TPSA) is 92.8 Å². The summed E-state index contributed by atoms with van der Waals surface area (Å²) >= 11 is 3.40. The van der Waals surface area contributed by atoms with Gasteiger partial charge in [0.25, 0.3) is 0 Å². The number of nitrogens with zero attached hydrogens (tertiary/aromatic N) is 1. The second kappa shape index (κ2) is 7.63. The van der Waals surface area contributed by atoms with Gasteiger partial charge in [-0.3, -0.25) is 4.90 Å². The van der Waals surface area contributed by atoms with Gasteiger partial charge in [-0.15, -0.1) is 0 Å². The Kier molecular flexibility index (Phi) is 5.62. The summed E-state index contributed by atoms with van der Waals surface area (Å²) in [6, 6.07) is 5.76. The fourth-order valence-corrected chi connectivity index (χ4v) is 5.70. The molecule has 2 aliphatic rings. The van der Waals surface area contributed by atoms with E-state index in [1.165, 1.54) is 4.90 Å². The van der Waals surface area contributed by atoms with Crippen molar-refractivity contribution in [2.24, 2.45) is 0 Å². The van der Waals surface area contributed by atoms with Crippen molar-refractivity contribution >= 4 is 37.8 Å². The normalized spacial score (nSPS) is 24.7.